The fraction of sp³-hybridized carbons (Fsp3) is 0.381. The van der Waals surface area contributed by atoms with Crippen molar-refractivity contribution in [1.29, 1.82) is 0 Å². The van der Waals surface area contributed by atoms with E-state index >= 15 is 0 Å². The zero-order valence-corrected chi connectivity index (χ0v) is 15.7. The summed E-state index contributed by atoms with van der Waals surface area (Å²) >= 11 is 0. The highest BCUT2D eigenvalue weighted by atomic mass is 16.3. The second kappa shape index (κ2) is 7.79. The molecule has 1 saturated heterocycles. The van der Waals surface area contributed by atoms with Crippen molar-refractivity contribution < 1.29 is 9.90 Å². The smallest absolute Gasteiger partial charge is 0.241 e. The van der Waals surface area contributed by atoms with Crippen molar-refractivity contribution in [2.24, 2.45) is 0 Å². The summed E-state index contributed by atoms with van der Waals surface area (Å²) in [6, 6.07) is 13.2. The number of phenols is 1. The first kappa shape index (κ1) is 18.3. The van der Waals surface area contributed by atoms with Crippen molar-refractivity contribution in [1.82, 2.24) is 4.90 Å². The summed E-state index contributed by atoms with van der Waals surface area (Å²) in [5, 5.41) is 12.5. The quantitative estimate of drug-likeness (QED) is 0.887. The van der Waals surface area contributed by atoms with Gasteiger partial charge in [-0.1, -0.05) is 18.2 Å². The number of aromatic hydroxyl groups is 1. The molecular formula is C21H27N3O2. The van der Waals surface area contributed by atoms with Crippen LogP contribution in [-0.4, -0.2) is 48.1 Å². The predicted molar refractivity (Wildman–Crippen MR) is 106 cm³/mol. The summed E-state index contributed by atoms with van der Waals surface area (Å²) in [6.07, 6.45) is 0. The molecule has 0 saturated carbocycles. The van der Waals surface area contributed by atoms with Crippen molar-refractivity contribution in [2.75, 3.05) is 36.4 Å². The van der Waals surface area contributed by atoms with Crippen molar-refractivity contribution in [3.05, 3.63) is 53.6 Å². The van der Waals surface area contributed by atoms with Gasteiger partial charge in [0, 0.05) is 37.6 Å². The summed E-state index contributed by atoms with van der Waals surface area (Å²) < 4.78 is 0. The van der Waals surface area contributed by atoms with Crippen LogP contribution in [0.15, 0.2) is 42.5 Å². The fourth-order valence-electron chi connectivity index (χ4n) is 3.44. The summed E-state index contributed by atoms with van der Waals surface area (Å²) in [5.41, 5.74) is 4.20. The maximum Gasteiger partial charge on any atom is 0.241 e. The molecule has 2 aromatic rings. The van der Waals surface area contributed by atoms with E-state index in [1.54, 1.807) is 12.1 Å². The molecule has 1 atom stereocenters. The van der Waals surface area contributed by atoms with Gasteiger partial charge in [-0.2, -0.15) is 0 Å². The van der Waals surface area contributed by atoms with Crippen LogP contribution >= 0.6 is 0 Å². The second-order valence-corrected chi connectivity index (χ2v) is 6.97. The number of piperazine rings is 1. The number of nitrogens with one attached hydrogen (secondary N) is 1. The highest BCUT2D eigenvalue weighted by Gasteiger charge is 2.26. The van der Waals surface area contributed by atoms with E-state index in [0.717, 1.165) is 48.7 Å². The molecule has 5 nitrogen and oxygen atoms in total. The first-order valence-corrected chi connectivity index (χ1v) is 9.11. The number of amides is 1. The molecule has 1 amide bonds. The highest BCUT2D eigenvalue weighted by molar-refractivity contribution is 5.95. The predicted octanol–water partition coefficient (Wildman–Crippen LogP) is 3.16. The van der Waals surface area contributed by atoms with Gasteiger partial charge in [-0.15, -0.1) is 0 Å². The van der Waals surface area contributed by atoms with Crippen LogP contribution in [0.25, 0.3) is 0 Å². The monoisotopic (exact) mass is 353 g/mol. The number of nitrogens with zero attached hydrogens (tertiary/aromatic N) is 2. The van der Waals surface area contributed by atoms with Gasteiger partial charge in [-0.25, -0.2) is 0 Å². The van der Waals surface area contributed by atoms with Gasteiger partial charge in [0.05, 0.1) is 6.04 Å². The molecule has 0 aromatic heterocycles. The van der Waals surface area contributed by atoms with Gasteiger partial charge in [0.1, 0.15) is 5.75 Å². The van der Waals surface area contributed by atoms with Crippen molar-refractivity contribution in [3.8, 4) is 5.75 Å². The average molecular weight is 353 g/mol. The van der Waals surface area contributed by atoms with E-state index in [1.165, 1.54) is 0 Å². The normalized spacial score (nSPS) is 16.3. The first-order valence-electron chi connectivity index (χ1n) is 9.11. The Balaban J connectivity index is 1.58. The van der Waals surface area contributed by atoms with Crippen molar-refractivity contribution in [3.63, 3.8) is 0 Å². The molecule has 1 aliphatic rings. The Bertz CT molecular complexity index is 745. The summed E-state index contributed by atoms with van der Waals surface area (Å²) in [7, 11) is 0. The number of para-hydroxylation sites is 1. The fourth-order valence-corrected chi connectivity index (χ4v) is 3.44. The Labute approximate surface area is 155 Å². The van der Waals surface area contributed by atoms with E-state index in [2.05, 4.69) is 15.1 Å². The van der Waals surface area contributed by atoms with Crippen LogP contribution < -0.4 is 10.2 Å². The van der Waals surface area contributed by atoms with Crippen LogP contribution in [0.1, 0.15) is 18.1 Å². The van der Waals surface area contributed by atoms with Gasteiger partial charge in [-0.05, 0) is 56.2 Å². The number of rotatable bonds is 4. The molecule has 1 unspecified atom stereocenters. The Morgan fingerprint density at radius 2 is 1.58 bits per heavy atom. The molecule has 1 fully saturated rings. The number of benzene rings is 2. The molecule has 2 N–H and O–H groups in total. The molecule has 2 aromatic carbocycles. The maximum absolute atomic E-state index is 12.7. The second-order valence-electron chi connectivity index (χ2n) is 6.97. The first-order chi connectivity index (χ1) is 12.5. The van der Waals surface area contributed by atoms with Crippen LogP contribution in [0, 0.1) is 13.8 Å². The summed E-state index contributed by atoms with van der Waals surface area (Å²) in [4.78, 5) is 17.2. The number of hydrogen-bond donors (Lipinski definition) is 2. The largest absolute Gasteiger partial charge is 0.508 e. The van der Waals surface area contributed by atoms with Crippen LogP contribution in [0.5, 0.6) is 5.75 Å². The molecule has 1 heterocycles. The minimum atomic E-state index is -0.170. The zero-order chi connectivity index (χ0) is 18.7. The molecule has 5 heteroatoms. The lowest BCUT2D eigenvalue weighted by Gasteiger charge is -2.38. The van der Waals surface area contributed by atoms with E-state index in [0.29, 0.717) is 0 Å². The topological polar surface area (TPSA) is 55.8 Å². The summed E-state index contributed by atoms with van der Waals surface area (Å²) in [6.45, 7) is 9.41. The Morgan fingerprint density at radius 1 is 1.00 bits per heavy atom. The molecule has 26 heavy (non-hydrogen) atoms. The third kappa shape index (κ3) is 3.99. The number of anilines is 2. The van der Waals surface area contributed by atoms with Crippen molar-refractivity contribution in [2.45, 2.75) is 26.8 Å². The van der Waals surface area contributed by atoms with Gasteiger partial charge >= 0.3 is 0 Å². The van der Waals surface area contributed by atoms with E-state index in [-0.39, 0.29) is 17.7 Å². The standard InChI is InChI=1S/C21H27N3O2/c1-15-5-4-6-16(2)20(15)22-21(26)17(3)23-11-13-24(14-12-23)18-7-9-19(25)10-8-18/h4-10,17,25H,11-14H2,1-3H3,(H,22,26). The lowest BCUT2D eigenvalue weighted by atomic mass is 10.1. The van der Waals surface area contributed by atoms with E-state index in [9.17, 15) is 9.90 Å². The number of carbonyl (C=O) groups excluding carboxylic acids is 1. The number of carbonyl (C=O) groups is 1. The minimum absolute atomic E-state index is 0.0421. The van der Waals surface area contributed by atoms with Crippen molar-refractivity contribution >= 4 is 17.3 Å². The Hall–Kier alpha value is -2.53. The molecule has 0 bridgehead atoms. The lowest BCUT2D eigenvalue weighted by Crippen LogP contribution is -2.52. The van der Waals surface area contributed by atoms with Gasteiger partial charge in [0.2, 0.25) is 5.91 Å². The van der Waals surface area contributed by atoms with Gasteiger partial charge in [0.15, 0.2) is 0 Å². The molecule has 0 radical (unpaired) electrons. The molecule has 1 aliphatic heterocycles. The third-order valence-electron chi connectivity index (χ3n) is 5.19. The maximum atomic E-state index is 12.7. The summed E-state index contributed by atoms with van der Waals surface area (Å²) in [5.74, 6) is 0.324. The highest BCUT2D eigenvalue weighted by Crippen LogP contribution is 2.22. The van der Waals surface area contributed by atoms with Crippen LogP contribution in [-0.2, 0) is 4.79 Å². The molecule has 138 valence electrons. The third-order valence-corrected chi connectivity index (χ3v) is 5.19. The molecular weight excluding hydrogens is 326 g/mol. The number of phenolic OH excluding ortho intramolecular Hbond substituents is 1. The molecule has 3 rings (SSSR count). The van der Waals surface area contributed by atoms with E-state index < -0.39 is 0 Å². The average Bonchev–Trinajstić information content (AvgIpc) is 2.65. The molecule has 0 aliphatic carbocycles. The number of aryl methyl sites for hydroxylation is 2. The zero-order valence-electron chi connectivity index (χ0n) is 15.7. The van der Waals surface area contributed by atoms with Gasteiger partial charge in [-0.3, -0.25) is 9.69 Å². The van der Waals surface area contributed by atoms with Gasteiger partial charge in [0.25, 0.3) is 0 Å². The number of hydrogen-bond acceptors (Lipinski definition) is 4. The van der Waals surface area contributed by atoms with E-state index in [1.807, 2.05) is 51.1 Å². The Morgan fingerprint density at radius 3 is 2.15 bits per heavy atom. The lowest BCUT2D eigenvalue weighted by molar-refractivity contribution is -0.120. The van der Waals surface area contributed by atoms with E-state index in [4.69, 9.17) is 0 Å². The van der Waals surface area contributed by atoms with Gasteiger partial charge < -0.3 is 15.3 Å². The Kier molecular flexibility index (Phi) is 5.47. The van der Waals surface area contributed by atoms with Crippen LogP contribution in [0.2, 0.25) is 0 Å². The SMILES string of the molecule is Cc1cccc(C)c1NC(=O)C(C)N1CCN(c2ccc(O)cc2)CC1. The van der Waals surface area contributed by atoms with Crippen LogP contribution in [0.4, 0.5) is 11.4 Å². The van der Waals surface area contributed by atoms with Crippen LogP contribution in [0.3, 0.4) is 0 Å². The molecule has 0 spiro atoms. The minimum Gasteiger partial charge on any atom is -0.508 e.